The molecule has 0 unspecified atom stereocenters. The van der Waals surface area contributed by atoms with E-state index in [9.17, 15) is 4.79 Å². The third-order valence-electron chi connectivity index (χ3n) is 1.88. The van der Waals surface area contributed by atoms with Crippen molar-refractivity contribution >= 4 is 6.09 Å². The van der Waals surface area contributed by atoms with Gasteiger partial charge in [-0.2, -0.15) is 0 Å². The van der Waals surface area contributed by atoms with E-state index in [0.717, 1.165) is 13.0 Å². The minimum absolute atomic E-state index is 0.214. The average molecular weight is 169 g/mol. The summed E-state index contributed by atoms with van der Waals surface area (Å²) in [6.07, 6.45) is 6.52. The number of ether oxygens (including phenoxy) is 1. The van der Waals surface area contributed by atoms with Gasteiger partial charge in [-0.3, -0.25) is 0 Å². The number of hydrogen-bond acceptors (Lipinski definition) is 2. The summed E-state index contributed by atoms with van der Waals surface area (Å²) in [5.74, 6) is 0. The van der Waals surface area contributed by atoms with Gasteiger partial charge in [0, 0.05) is 13.1 Å². The van der Waals surface area contributed by atoms with Gasteiger partial charge >= 0.3 is 6.09 Å². The van der Waals surface area contributed by atoms with Gasteiger partial charge < -0.3 is 9.64 Å². The Morgan fingerprint density at radius 3 is 3.08 bits per heavy atom. The summed E-state index contributed by atoms with van der Waals surface area (Å²) < 4.78 is 4.73. The monoisotopic (exact) mass is 169 g/mol. The van der Waals surface area contributed by atoms with Gasteiger partial charge in [0.2, 0.25) is 0 Å². The van der Waals surface area contributed by atoms with Crippen LogP contribution in [0.5, 0.6) is 0 Å². The molecular formula is C9H15NO2. The maximum absolute atomic E-state index is 11.0. The molecule has 0 fully saturated rings. The maximum atomic E-state index is 11.0. The van der Waals surface area contributed by atoms with Gasteiger partial charge in [0.15, 0.2) is 0 Å². The second-order valence-electron chi connectivity index (χ2n) is 2.91. The van der Waals surface area contributed by atoms with Crippen LogP contribution >= 0.6 is 0 Å². The van der Waals surface area contributed by atoms with E-state index >= 15 is 0 Å². The highest BCUT2D eigenvalue weighted by Crippen LogP contribution is 2.04. The molecule has 12 heavy (non-hydrogen) atoms. The molecule has 0 aromatic rings. The molecule has 1 aliphatic rings. The summed E-state index contributed by atoms with van der Waals surface area (Å²) in [6, 6.07) is 0. The fourth-order valence-corrected chi connectivity index (χ4v) is 1.16. The molecule has 0 radical (unpaired) electrons. The van der Waals surface area contributed by atoms with Crippen LogP contribution in [0, 0.1) is 0 Å². The topological polar surface area (TPSA) is 29.5 Å². The molecular weight excluding hydrogens is 154 g/mol. The number of cyclic esters (lactones) is 1. The average Bonchev–Trinajstić information content (AvgIpc) is 2.09. The first-order chi connectivity index (χ1) is 5.84. The van der Waals surface area contributed by atoms with E-state index in [4.69, 9.17) is 4.74 Å². The van der Waals surface area contributed by atoms with Crippen molar-refractivity contribution in [3.8, 4) is 0 Å². The molecule has 1 heterocycles. The Morgan fingerprint density at radius 2 is 2.42 bits per heavy atom. The molecule has 0 aliphatic carbocycles. The summed E-state index contributed by atoms with van der Waals surface area (Å²) in [6.45, 7) is 3.66. The molecule has 0 aromatic carbocycles. The molecule has 0 bridgehead atoms. The maximum Gasteiger partial charge on any atom is 0.414 e. The molecule has 68 valence electrons. The lowest BCUT2D eigenvalue weighted by atomic mass is 10.2. The lowest BCUT2D eigenvalue weighted by Gasteiger charge is -2.21. The van der Waals surface area contributed by atoms with Crippen molar-refractivity contribution in [3.05, 3.63) is 12.3 Å². The molecule has 0 saturated heterocycles. The van der Waals surface area contributed by atoms with Gasteiger partial charge in [0.1, 0.15) is 0 Å². The predicted molar refractivity (Wildman–Crippen MR) is 46.7 cm³/mol. The Labute approximate surface area is 73.0 Å². The summed E-state index contributed by atoms with van der Waals surface area (Å²) in [5.41, 5.74) is 0. The number of carbonyl (C=O) groups is 1. The highest BCUT2D eigenvalue weighted by molar-refractivity contribution is 5.69. The Balaban J connectivity index is 2.22. The third kappa shape index (κ3) is 2.57. The highest BCUT2D eigenvalue weighted by atomic mass is 16.5. The molecule has 0 atom stereocenters. The van der Waals surface area contributed by atoms with Gasteiger partial charge in [0.25, 0.3) is 0 Å². The highest BCUT2D eigenvalue weighted by Gasteiger charge is 2.14. The second-order valence-corrected chi connectivity index (χ2v) is 2.91. The van der Waals surface area contributed by atoms with E-state index in [0.29, 0.717) is 6.54 Å². The lowest BCUT2D eigenvalue weighted by Crippen LogP contribution is -2.34. The van der Waals surface area contributed by atoms with E-state index < -0.39 is 0 Å². The van der Waals surface area contributed by atoms with Crippen LogP contribution in [-0.2, 0) is 4.74 Å². The first-order valence-electron chi connectivity index (χ1n) is 4.45. The molecule has 1 rings (SSSR count). The first kappa shape index (κ1) is 9.10. The van der Waals surface area contributed by atoms with Gasteiger partial charge in [-0.1, -0.05) is 19.8 Å². The first-order valence-corrected chi connectivity index (χ1v) is 4.45. The van der Waals surface area contributed by atoms with Gasteiger partial charge in [-0.15, -0.1) is 0 Å². The van der Waals surface area contributed by atoms with Crippen LogP contribution in [0.15, 0.2) is 12.3 Å². The van der Waals surface area contributed by atoms with Crippen LogP contribution in [-0.4, -0.2) is 24.1 Å². The van der Waals surface area contributed by atoms with Crippen molar-refractivity contribution in [3.63, 3.8) is 0 Å². The van der Waals surface area contributed by atoms with Crippen LogP contribution in [0.25, 0.3) is 0 Å². The van der Waals surface area contributed by atoms with Crippen LogP contribution in [0.3, 0.4) is 0 Å². The van der Waals surface area contributed by atoms with Crippen LogP contribution in [0.1, 0.15) is 26.2 Å². The number of hydrogen-bond donors (Lipinski definition) is 0. The number of unbranched alkanes of at least 4 members (excludes halogenated alkanes) is 2. The van der Waals surface area contributed by atoms with Crippen molar-refractivity contribution in [2.45, 2.75) is 26.2 Å². The van der Waals surface area contributed by atoms with Gasteiger partial charge in [-0.25, -0.2) is 4.79 Å². The van der Waals surface area contributed by atoms with Crippen molar-refractivity contribution < 1.29 is 9.53 Å². The number of nitrogens with zero attached hydrogens (tertiary/aromatic N) is 1. The molecule has 3 heteroatoms. The normalized spacial score (nSPS) is 16.4. The van der Waals surface area contributed by atoms with Crippen molar-refractivity contribution in [2.24, 2.45) is 0 Å². The summed E-state index contributed by atoms with van der Waals surface area (Å²) in [7, 11) is 0. The van der Waals surface area contributed by atoms with E-state index in [1.54, 1.807) is 4.90 Å². The van der Waals surface area contributed by atoms with Crippen molar-refractivity contribution in [2.75, 3.05) is 13.1 Å². The second kappa shape index (κ2) is 4.80. The number of rotatable bonds is 4. The van der Waals surface area contributed by atoms with Crippen molar-refractivity contribution in [1.82, 2.24) is 4.90 Å². The Hall–Kier alpha value is -0.990. The SMILES string of the molecule is CCCCCN1CC=COC1=O. The fraction of sp³-hybridized carbons (Fsp3) is 0.667. The molecule has 0 aromatic heterocycles. The zero-order chi connectivity index (χ0) is 8.81. The Kier molecular flexibility index (Phi) is 3.64. The summed E-state index contributed by atoms with van der Waals surface area (Å²) in [5, 5.41) is 0. The third-order valence-corrected chi connectivity index (χ3v) is 1.88. The quantitative estimate of drug-likeness (QED) is 0.603. The molecule has 3 nitrogen and oxygen atoms in total. The minimum Gasteiger partial charge on any atom is -0.418 e. The molecule has 0 spiro atoms. The lowest BCUT2D eigenvalue weighted by molar-refractivity contribution is 0.133. The van der Waals surface area contributed by atoms with E-state index in [-0.39, 0.29) is 6.09 Å². The van der Waals surface area contributed by atoms with Gasteiger partial charge in [0.05, 0.1) is 6.26 Å². The van der Waals surface area contributed by atoms with Crippen LogP contribution in [0.2, 0.25) is 0 Å². The molecule has 0 saturated carbocycles. The largest absolute Gasteiger partial charge is 0.418 e. The smallest absolute Gasteiger partial charge is 0.414 e. The van der Waals surface area contributed by atoms with E-state index in [2.05, 4.69) is 6.92 Å². The Bertz CT molecular complexity index is 177. The zero-order valence-corrected chi connectivity index (χ0v) is 7.45. The number of carbonyl (C=O) groups excluding carboxylic acids is 1. The molecule has 0 N–H and O–H groups in total. The van der Waals surface area contributed by atoms with E-state index in [1.807, 2.05) is 6.08 Å². The van der Waals surface area contributed by atoms with Crippen molar-refractivity contribution in [1.29, 1.82) is 0 Å². The summed E-state index contributed by atoms with van der Waals surface area (Å²) >= 11 is 0. The zero-order valence-electron chi connectivity index (χ0n) is 7.45. The standard InChI is InChI=1S/C9H15NO2/c1-2-3-4-6-10-7-5-8-12-9(10)11/h5,8H,2-4,6-7H2,1H3. The minimum atomic E-state index is -0.214. The number of amides is 1. The predicted octanol–water partition coefficient (Wildman–Crippen LogP) is 2.14. The van der Waals surface area contributed by atoms with Gasteiger partial charge in [-0.05, 0) is 12.5 Å². The molecule has 1 amide bonds. The fourth-order valence-electron chi connectivity index (χ4n) is 1.16. The van der Waals surface area contributed by atoms with Crippen LogP contribution in [0.4, 0.5) is 4.79 Å². The Morgan fingerprint density at radius 1 is 1.58 bits per heavy atom. The van der Waals surface area contributed by atoms with E-state index in [1.165, 1.54) is 19.1 Å². The summed E-state index contributed by atoms with van der Waals surface area (Å²) in [4.78, 5) is 12.8. The molecule has 1 aliphatic heterocycles. The van der Waals surface area contributed by atoms with Crippen LogP contribution < -0.4 is 0 Å².